The highest BCUT2D eigenvalue weighted by molar-refractivity contribution is 8.00. The van der Waals surface area contributed by atoms with Gasteiger partial charge in [0.2, 0.25) is 11.8 Å². The lowest BCUT2D eigenvalue weighted by molar-refractivity contribution is -0.121. The number of hydrogen-bond acceptors (Lipinski definition) is 7. The molecule has 0 saturated carbocycles. The zero-order valence-electron chi connectivity index (χ0n) is 13.2. The second-order valence-electron chi connectivity index (χ2n) is 5.15. The van der Waals surface area contributed by atoms with E-state index in [1.807, 2.05) is 6.92 Å². The molecule has 2 amide bonds. The van der Waals surface area contributed by atoms with E-state index in [2.05, 4.69) is 9.71 Å². The van der Waals surface area contributed by atoms with Gasteiger partial charge in [0.15, 0.2) is 5.13 Å². The molecule has 0 radical (unpaired) electrons. The fourth-order valence-electron chi connectivity index (χ4n) is 2.43. The Balaban J connectivity index is 1.80. The van der Waals surface area contributed by atoms with Crippen LogP contribution in [-0.2, 0) is 19.6 Å². The Bertz CT molecular complexity index is 879. The van der Waals surface area contributed by atoms with Gasteiger partial charge >= 0.3 is 0 Å². The van der Waals surface area contributed by atoms with E-state index in [-0.39, 0.29) is 33.5 Å². The Labute approximate surface area is 153 Å². The fourth-order valence-corrected chi connectivity index (χ4v) is 5.13. The molecule has 10 heteroatoms. The zero-order valence-corrected chi connectivity index (χ0v) is 15.7. The smallest absolute Gasteiger partial charge is 0.263 e. The molecule has 1 aliphatic rings. The van der Waals surface area contributed by atoms with E-state index in [0.29, 0.717) is 5.69 Å². The van der Waals surface area contributed by atoms with Crippen LogP contribution in [0.25, 0.3) is 0 Å². The molecule has 132 valence electrons. The van der Waals surface area contributed by atoms with Crippen LogP contribution < -0.4 is 9.62 Å². The van der Waals surface area contributed by atoms with Gasteiger partial charge in [-0.25, -0.2) is 18.3 Å². The fraction of sp³-hybridized carbons (Fsp3) is 0.267. The van der Waals surface area contributed by atoms with Crippen LogP contribution in [0, 0.1) is 0 Å². The van der Waals surface area contributed by atoms with Crippen LogP contribution in [0.3, 0.4) is 0 Å². The monoisotopic (exact) mass is 397 g/mol. The number of thioether (sulfide) groups is 1. The zero-order chi connectivity index (χ0) is 18.0. The van der Waals surface area contributed by atoms with Gasteiger partial charge in [0.25, 0.3) is 10.0 Å². The summed E-state index contributed by atoms with van der Waals surface area (Å²) in [7, 11) is -3.76. The summed E-state index contributed by atoms with van der Waals surface area (Å²) < 4.78 is 27.0. The Morgan fingerprint density at radius 2 is 2.04 bits per heavy atom. The van der Waals surface area contributed by atoms with Gasteiger partial charge in [0.05, 0.1) is 15.8 Å². The maximum atomic E-state index is 12.3. The summed E-state index contributed by atoms with van der Waals surface area (Å²) in [4.78, 5) is 29.5. The Kier molecular flexibility index (Phi) is 5.11. The van der Waals surface area contributed by atoms with Crippen LogP contribution >= 0.6 is 23.1 Å². The second kappa shape index (κ2) is 7.14. The Morgan fingerprint density at radius 1 is 1.32 bits per heavy atom. The van der Waals surface area contributed by atoms with Crippen molar-refractivity contribution in [3.8, 4) is 0 Å². The van der Waals surface area contributed by atoms with Gasteiger partial charge in [-0.15, -0.1) is 23.1 Å². The number of hydrogen-bond donors (Lipinski definition) is 1. The van der Waals surface area contributed by atoms with E-state index in [4.69, 9.17) is 0 Å². The number of nitrogens with zero attached hydrogens (tertiary/aromatic N) is 2. The summed E-state index contributed by atoms with van der Waals surface area (Å²) in [5.74, 6) is 0.220. The molecule has 1 fully saturated rings. The first-order chi connectivity index (χ1) is 11.9. The van der Waals surface area contributed by atoms with Crippen LogP contribution in [0.4, 0.5) is 10.8 Å². The third-order valence-corrected chi connectivity index (χ3v) is 6.81. The maximum Gasteiger partial charge on any atom is 0.263 e. The topological polar surface area (TPSA) is 96.4 Å². The molecule has 1 aromatic heterocycles. The minimum atomic E-state index is -3.76. The first kappa shape index (κ1) is 17.9. The van der Waals surface area contributed by atoms with Gasteiger partial charge in [-0.1, -0.05) is 6.92 Å². The average molecular weight is 398 g/mol. The third kappa shape index (κ3) is 3.70. The number of anilines is 2. The lowest BCUT2D eigenvalue weighted by Gasteiger charge is -2.15. The highest BCUT2D eigenvalue weighted by atomic mass is 32.2. The normalized spacial score (nSPS) is 18.0. The van der Waals surface area contributed by atoms with Crippen LogP contribution in [0.2, 0.25) is 0 Å². The maximum absolute atomic E-state index is 12.3. The van der Waals surface area contributed by atoms with Gasteiger partial charge in [-0.05, 0) is 30.0 Å². The van der Waals surface area contributed by atoms with Crippen molar-refractivity contribution in [2.45, 2.75) is 23.5 Å². The van der Waals surface area contributed by atoms with Crippen LogP contribution in [0.15, 0.2) is 40.7 Å². The summed E-state index contributed by atoms with van der Waals surface area (Å²) in [6.07, 6.45) is 1.67. The highest BCUT2D eigenvalue weighted by Crippen LogP contribution is 2.30. The Morgan fingerprint density at radius 3 is 2.64 bits per heavy atom. The highest BCUT2D eigenvalue weighted by Gasteiger charge is 2.39. The van der Waals surface area contributed by atoms with Crippen molar-refractivity contribution < 1.29 is 18.0 Å². The molecule has 2 aromatic rings. The van der Waals surface area contributed by atoms with Crippen LogP contribution in [0.5, 0.6) is 0 Å². The third-order valence-electron chi connectivity index (χ3n) is 3.53. The second-order valence-corrected chi connectivity index (χ2v) is 9.21. The van der Waals surface area contributed by atoms with Crippen molar-refractivity contribution in [1.82, 2.24) is 4.98 Å². The molecule has 1 aromatic carbocycles. The van der Waals surface area contributed by atoms with Crippen molar-refractivity contribution in [2.75, 3.05) is 15.4 Å². The van der Waals surface area contributed by atoms with E-state index in [0.717, 1.165) is 10.7 Å². The number of amides is 2. The molecule has 0 bridgehead atoms. The van der Waals surface area contributed by atoms with Gasteiger partial charge in [0, 0.05) is 18.0 Å². The number of benzene rings is 1. The van der Waals surface area contributed by atoms with Gasteiger partial charge < -0.3 is 0 Å². The van der Waals surface area contributed by atoms with Crippen LogP contribution in [-0.4, -0.2) is 36.2 Å². The summed E-state index contributed by atoms with van der Waals surface area (Å²) >= 11 is 2.61. The molecule has 0 spiro atoms. The predicted octanol–water partition coefficient (Wildman–Crippen LogP) is 2.33. The number of thiazole rings is 1. The molecule has 1 saturated heterocycles. The van der Waals surface area contributed by atoms with E-state index in [9.17, 15) is 18.0 Å². The van der Waals surface area contributed by atoms with Gasteiger partial charge in [-0.3, -0.25) is 14.3 Å². The van der Waals surface area contributed by atoms with E-state index < -0.39 is 10.0 Å². The minimum absolute atomic E-state index is 0.0324. The molecule has 1 unspecified atom stereocenters. The average Bonchev–Trinajstić information content (AvgIpc) is 3.16. The summed E-state index contributed by atoms with van der Waals surface area (Å²) in [5.41, 5.74) is 0.377. The largest absolute Gasteiger partial charge is 0.274 e. The van der Waals surface area contributed by atoms with E-state index in [1.54, 1.807) is 5.38 Å². The Hall–Kier alpha value is -1.91. The number of imide groups is 1. The number of rotatable bonds is 6. The van der Waals surface area contributed by atoms with E-state index >= 15 is 0 Å². The van der Waals surface area contributed by atoms with Crippen molar-refractivity contribution in [2.24, 2.45) is 0 Å². The molecule has 3 rings (SSSR count). The summed E-state index contributed by atoms with van der Waals surface area (Å²) in [6, 6.07) is 5.66. The molecule has 0 aliphatic carbocycles. The van der Waals surface area contributed by atoms with Gasteiger partial charge in [0.1, 0.15) is 0 Å². The lowest BCUT2D eigenvalue weighted by atomic mass is 10.3. The SMILES string of the molecule is CCSC1CC(=O)N(c2ccc(S(=O)(=O)Nc3nccs3)cc2)C1=O. The molecular formula is C15H15N3O4S3. The van der Waals surface area contributed by atoms with Crippen molar-refractivity contribution in [1.29, 1.82) is 0 Å². The number of nitrogens with one attached hydrogen (secondary N) is 1. The number of aromatic nitrogens is 1. The number of carbonyl (C=O) groups is 2. The van der Waals surface area contributed by atoms with Crippen molar-refractivity contribution in [3.63, 3.8) is 0 Å². The molecule has 7 nitrogen and oxygen atoms in total. The van der Waals surface area contributed by atoms with Gasteiger partial charge in [-0.2, -0.15) is 0 Å². The molecule has 25 heavy (non-hydrogen) atoms. The molecule has 1 atom stereocenters. The standard InChI is InChI=1S/C15H15N3O4S3/c1-2-23-12-9-13(19)18(14(12)20)10-3-5-11(6-4-10)25(21,22)17-15-16-7-8-24-15/h3-8,12H,2,9H2,1H3,(H,16,17). The van der Waals surface area contributed by atoms with E-state index in [1.165, 1.54) is 53.6 Å². The van der Waals surface area contributed by atoms with Crippen molar-refractivity contribution in [3.05, 3.63) is 35.8 Å². The quantitative estimate of drug-likeness (QED) is 0.752. The molecular weight excluding hydrogens is 382 g/mol. The van der Waals surface area contributed by atoms with Crippen molar-refractivity contribution >= 4 is 55.8 Å². The first-order valence-corrected chi connectivity index (χ1v) is 10.8. The summed E-state index contributed by atoms with van der Waals surface area (Å²) in [5, 5.41) is 1.57. The molecule has 1 N–H and O–H groups in total. The molecule has 2 heterocycles. The number of sulfonamides is 1. The predicted molar refractivity (Wildman–Crippen MR) is 98.4 cm³/mol. The minimum Gasteiger partial charge on any atom is -0.274 e. The van der Waals surface area contributed by atoms with Crippen LogP contribution in [0.1, 0.15) is 13.3 Å². The first-order valence-electron chi connectivity index (χ1n) is 7.43. The summed E-state index contributed by atoms with van der Waals surface area (Å²) in [6.45, 7) is 1.93. The lowest BCUT2D eigenvalue weighted by Crippen LogP contribution is -2.31. The number of carbonyl (C=O) groups excluding carboxylic acids is 2. The molecule has 1 aliphatic heterocycles.